The molecule has 1 saturated carbocycles. The molecule has 2 amide bonds. The van der Waals surface area contributed by atoms with E-state index < -0.39 is 6.03 Å². The number of nitrogens with one attached hydrogen (secondary N) is 2. The fourth-order valence-corrected chi connectivity index (χ4v) is 4.49. The van der Waals surface area contributed by atoms with Crippen molar-refractivity contribution in [1.82, 2.24) is 25.1 Å². The topological polar surface area (TPSA) is 127 Å². The van der Waals surface area contributed by atoms with Crippen molar-refractivity contribution in [1.29, 1.82) is 0 Å². The molecule has 2 saturated heterocycles. The molecule has 2 aliphatic heterocycles. The number of morpholine rings is 2. The van der Waals surface area contributed by atoms with Gasteiger partial charge < -0.3 is 19.1 Å². The van der Waals surface area contributed by atoms with Gasteiger partial charge in [0.15, 0.2) is 0 Å². The molecule has 3 aliphatic rings. The van der Waals surface area contributed by atoms with E-state index in [4.69, 9.17) is 14.2 Å². The maximum atomic E-state index is 12.6. The van der Waals surface area contributed by atoms with Crippen LogP contribution in [0.4, 0.5) is 21.7 Å². The van der Waals surface area contributed by atoms with Crippen LogP contribution in [0.25, 0.3) is 0 Å². The molecule has 2 aromatic heterocycles. The zero-order valence-corrected chi connectivity index (χ0v) is 19.2. The Morgan fingerprint density at radius 1 is 1.06 bits per heavy atom. The summed E-state index contributed by atoms with van der Waals surface area (Å²) < 4.78 is 16.8. The lowest BCUT2D eigenvalue weighted by Gasteiger charge is -2.28. The van der Waals surface area contributed by atoms with Crippen LogP contribution in [-0.2, 0) is 9.47 Å². The minimum Gasteiger partial charge on any atom is -0.476 e. The van der Waals surface area contributed by atoms with Crippen LogP contribution in [-0.4, -0.2) is 96.9 Å². The van der Waals surface area contributed by atoms with E-state index in [1.807, 2.05) is 4.90 Å². The second-order valence-electron chi connectivity index (χ2n) is 8.09. The van der Waals surface area contributed by atoms with Crippen LogP contribution in [0.15, 0.2) is 6.07 Å². The van der Waals surface area contributed by atoms with Gasteiger partial charge in [0.2, 0.25) is 17.0 Å². The van der Waals surface area contributed by atoms with Gasteiger partial charge in [0.05, 0.1) is 26.4 Å². The summed E-state index contributed by atoms with van der Waals surface area (Å²) in [5, 5.41) is 15.2. The van der Waals surface area contributed by atoms with Gasteiger partial charge in [0.25, 0.3) is 0 Å². The lowest BCUT2D eigenvalue weighted by Crippen LogP contribution is -2.39. The van der Waals surface area contributed by atoms with Crippen LogP contribution in [0.3, 0.4) is 0 Å². The number of urea groups is 1. The van der Waals surface area contributed by atoms with Gasteiger partial charge in [-0.05, 0) is 12.8 Å². The van der Waals surface area contributed by atoms with Crippen LogP contribution < -0.4 is 20.3 Å². The third kappa shape index (κ3) is 6.25. The summed E-state index contributed by atoms with van der Waals surface area (Å²) in [6.07, 6.45) is 2.28. The molecule has 0 bridgehead atoms. The van der Waals surface area contributed by atoms with Gasteiger partial charge in [-0.15, -0.1) is 10.2 Å². The fourth-order valence-electron chi connectivity index (χ4n) is 3.58. The van der Waals surface area contributed by atoms with Gasteiger partial charge in [-0.2, -0.15) is 9.97 Å². The predicted molar refractivity (Wildman–Crippen MR) is 122 cm³/mol. The molecule has 0 atom stereocenters. The third-order valence-corrected chi connectivity index (χ3v) is 6.58. The Morgan fingerprint density at radius 2 is 1.82 bits per heavy atom. The molecular weight excluding hydrogens is 448 g/mol. The highest BCUT2D eigenvalue weighted by molar-refractivity contribution is 7.15. The minimum absolute atomic E-state index is 0.359. The molecule has 1 aliphatic carbocycles. The van der Waals surface area contributed by atoms with Crippen molar-refractivity contribution in [2.24, 2.45) is 0 Å². The summed E-state index contributed by atoms with van der Waals surface area (Å²) in [6, 6.07) is 1.21. The predicted octanol–water partition coefficient (Wildman–Crippen LogP) is 1.40. The molecule has 0 aromatic carbocycles. The molecule has 2 N–H and O–H groups in total. The maximum absolute atomic E-state index is 12.6. The highest BCUT2D eigenvalue weighted by Crippen LogP contribution is 2.42. The quantitative estimate of drug-likeness (QED) is 0.577. The van der Waals surface area contributed by atoms with Gasteiger partial charge in [-0.3, -0.25) is 15.5 Å². The molecule has 12 nitrogen and oxygen atoms in total. The lowest BCUT2D eigenvalue weighted by molar-refractivity contribution is 0.0320. The number of carbonyl (C=O) groups is 1. The van der Waals surface area contributed by atoms with Gasteiger partial charge in [-0.25, -0.2) is 4.79 Å². The number of carbonyl (C=O) groups excluding carboxylic acids is 1. The smallest absolute Gasteiger partial charge is 0.326 e. The molecule has 4 heterocycles. The normalized spacial score (nSPS) is 19.3. The van der Waals surface area contributed by atoms with Gasteiger partial charge in [0, 0.05) is 44.7 Å². The number of hydrogen-bond donors (Lipinski definition) is 2. The van der Waals surface area contributed by atoms with Crippen LogP contribution in [0.2, 0.25) is 0 Å². The number of ether oxygens (including phenoxy) is 3. The lowest BCUT2D eigenvalue weighted by atomic mass is 10.4. The summed E-state index contributed by atoms with van der Waals surface area (Å²) in [5.41, 5.74) is 0. The standard InChI is InChI=1S/C20H28N8O4S/c29-19(24-20-26-25-17(33-20)14-1-2-14)22-15-13-16(32-12-5-27-3-8-30-9-4-27)23-18(21-15)28-6-10-31-11-7-28/h13-14H,1-12H2,(H2,21,22,23,24,26,29). The maximum Gasteiger partial charge on any atom is 0.326 e. The Bertz CT molecular complexity index is 944. The monoisotopic (exact) mass is 476 g/mol. The number of aromatic nitrogens is 4. The second-order valence-corrected chi connectivity index (χ2v) is 9.10. The average Bonchev–Trinajstić information content (AvgIpc) is 3.59. The fraction of sp³-hybridized carbons (Fsp3) is 0.650. The zero-order chi connectivity index (χ0) is 22.5. The number of rotatable bonds is 8. The first-order valence-electron chi connectivity index (χ1n) is 11.3. The van der Waals surface area contributed by atoms with Gasteiger partial charge in [-0.1, -0.05) is 11.3 Å². The summed E-state index contributed by atoms with van der Waals surface area (Å²) in [7, 11) is 0. The number of nitrogens with zero attached hydrogens (tertiary/aromatic N) is 6. The number of hydrogen-bond acceptors (Lipinski definition) is 11. The number of anilines is 3. The molecule has 0 unspecified atom stereocenters. The molecule has 3 fully saturated rings. The molecular formula is C20H28N8O4S. The van der Waals surface area contributed by atoms with E-state index in [0.717, 1.165) is 50.7 Å². The van der Waals surface area contributed by atoms with Crippen molar-refractivity contribution in [3.63, 3.8) is 0 Å². The van der Waals surface area contributed by atoms with Crippen molar-refractivity contribution < 1.29 is 19.0 Å². The molecule has 0 radical (unpaired) electrons. The van der Waals surface area contributed by atoms with Crippen molar-refractivity contribution in [2.45, 2.75) is 18.8 Å². The largest absolute Gasteiger partial charge is 0.476 e. The highest BCUT2D eigenvalue weighted by atomic mass is 32.1. The Kier molecular flexibility index (Phi) is 7.09. The zero-order valence-electron chi connectivity index (χ0n) is 18.4. The second kappa shape index (κ2) is 10.5. The number of amides is 2. The van der Waals surface area contributed by atoms with E-state index >= 15 is 0 Å². The average molecular weight is 477 g/mol. The van der Waals surface area contributed by atoms with Crippen LogP contribution in [0, 0.1) is 0 Å². The molecule has 0 spiro atoms. The van der Waals surface area contributed by atoms with E-state index in [1.165, 1.54) is 11.3 Å². The summed E-state index contributed by atoms with van der Waals surface area (Å²) in [4.78, 5) is 26.0. The molecule has 2 aromatic rings. The van der Waals surface area contributed by atoms with E-state index in [2.05, 4.69) is 35.7 Å². The van der Waals surface area contributed by atoms with Crippen LogP contribution in [0.5, 0.6) is 5.88 Å². The Hall–Kier alpha value is -2.61. The van der Waals surface area contributed by atoms with E-state index in [-0.39, 0.29) is 0 Å². The first-order valence-corrected chi connectivity index (χ1v) is 12.1. The van der Waals surface area contributed by atoms with Crippen molar-refractivity contribution >= 4 is 34.3 Å². The molecule has 33 heavy (non-hydrogen) atoms. The first kappa shape index (κ1) is 22.2. The van der Waals surface area contributed by atoms with Gasteiger partial charge >= 0.3 is 6.03 Å². The summed E-state index contributed by atoms with van der Waals surface area (Å²) >= 11 is 1.41. The molecule has 13 heteroatoms. The van der Waals surface area contributed by atoms with E-state index in [1.54, 1.807) is 6.07 Å². The minimum atomic E-state index is -0.431. The Balaban J connectivity index is 1.23. The van der Waals surface area contributed by atoms with E-state index in [0.29, 0.717) is 61.6 Å². The van der Waals surface area contributed by atoms with Gasteiger partial charge in [0.1, 0.15) is 17.4 Å². The van der Waals surface area contributed by atoms with Crippen LogP contribution in [0.1, 0.15) is 23.8 Å². The van der Waals surface area contributed by atoms with Crippen molar-refractivity contribution in [3.8, 4) is 5.88 Å². The Morgan fingerprint density at radius 3 is 2.58 bits per heavy atom. The Labute approximate surface area is 195 Å². The third-order valence-electron chi connectivity index (χ3n) is 5.58. The van der Waals surface area contributed by atoms with Crippen molar-refractivity contribution in [3.05, 3.63) is 11.1 Å². The molecule has 5 rings (SSSR count). The SMILES string of the molecule is O=C(Nc1cc(OCCN2CCOCC2)nc(N2CCOCC2)n1)Nc1nnc(C2CC2)s1. The van der Waals surface area contributed by atoms with E-state index in [9.17, 15) is 4.79 Å². The molecule has 178 valence electrons. The highest BCUT2D eigenvalue weighted by Gasteiger charge is 2.28. The first-order chi connectivity index (χ1) is 16.2. The summed E-state index contributed by atoms with van der Waals surface area (Å²) in [5.74, 6) is 1.78. The summed E-state index contributed by atoms with van der Waals surface area (Å²) in [6.45, 7) is 7.12. The van der Waals surface area contributed by atoms with Crippen LogP contribution >= 0.6 is 11.3 Å². The van der Waals surface area contributed by atoms with Crippen molar-refractivity contribution in [2.75, 3.05) is 81.3 Å².